The van der Waals surface area contributed by atoms with Gasteiger partial charge in [0.1, 0.15) is 24.8 Å². The fourth-order valence-electron chi connectivity index (χ4n) is 9.94. The largest absolute Gasteiger partial charge is 0.481 e. The highest BCUT2D eigenvalue weighted by molar-refractivity contribution is 5.86. The summed E-state index contributed by atoms with van der Waals surface area (Å²) in [5.74, 6) is 1.30. The summed E-state index contributed by atoms with van der Waals surface area (Å²) < 4.78 is 11.4. The van der Waals surface area contributed by atoms with E-state index in [1.807, 2.05) is 0 Å². The second-order valence-electron chi connectivity index (χ2n) is 17.2. The Labute approximate surface area is 283 Å². The number of nitrogens with zero attached hydrogens (tertiary/aromatic N) is 1. The first-order chi connectivity index (χ1) is 22.0. The first-order valence-corrected chi connectivity index (χ1v) is 18.6. The van der Waals surface area contributed by atoms with Crippen molar-refractivity contribution in [2.75, 3.05) is 13.1 Å². The number of fused-ring (bicyclic) bond motifs is 5. The second-order valence-corrected chi connectivity index (χ2v) is 17.2. The van der Waals surface area contributed by atoms with Gasteiger partial charge >= 0.3 is 17.9 Å². The zero-order valence-corrected chi connectivity index (χ0v) is 30.4. The van der Waals surface area contributed by atoms with Gasteiger partial charge in [0.2, 0.25) is 5.91 Å². The molecule has 266 valence electrons. The van der Waals surface area contributed by atoms with E-state index in [1.54, 1.807) is 20.8 Å². The predicted molar refractivity (Wildman–Crippen MR) is 182 cm³/mol. The number of carboxylic acid groups (broad SMARTS) is 1. The van der Waals surface area contributed by atoms with Crippen LogP contribution < -0.4 is 0 Å². The summed E-state index contributed by atoms with van der Waals surface area (Å²) in [5.41, 5.74) is 1.32. The van der Waals surface area contributed by atoms with E-state index in [2.05, 4.69) is 33.8 Å². The monoisotopic (exact) mass is 657 g/mol. The maximum atomic E-state index is 13.2. The van der Waals surface area contributed by atoms with Crippen LogP contribution >= 0.6 is 0 Å². The number of esters is 2. The van der Waals surface area contributed by atoms with Crippen molar-refractivity contribution in [3.63, 3.8) is 0 Å². The molecule has 0 aromatic rings. The van der Waals surface area contributed by atoms with E-state index in [4.69, 9.17) is 14.6 Å². The minimum Gasteiger partial charge on any atom is -0.481 e. The van der Waals surface area contributed by atoms with Gasteiger partial charge in [-0.1, -0.05) is 58.6 Å². The number of hydrogen-bond donors (Lipinski definition) is 1. The summed E-state index contributed by atoms with van der Waals surface area (Å²) in [6.07, 6.45) is 16.7. The third-order valence-electron chi connectivity index (χ3n) is 12.3. The lowest BCUT2D eigenvalue weighted by molar-refractivity contribution is -0.162. The number of ether oxygens (including phenoxy) is 2. The molecule has 3 saturated carbocycles. The van der Waals surface area contributed by atoms with Gasteiger partial charge in [-0.25, -0.2) is 0 Å². The van der Waals surface area contributed by atoms with Crippen LogP contribution in [-0.4, -0.2) is 58.6 Å². The van der Waals surface area contributed by atoms with E-state index >= 15 is 0 Å². The average molecular weight is 658 g/mol. The summed E-state index contributed by atoms with van der Waals surface area (Å²) in [6, 6.07) is 0. The summed E-state index contributed by atoms with van der Waals surface area (Å²) in [4.78, 5) is 50.8. The van der Waals surface area contributed by atoms with Crippen molar-refractivity contribution in [1.29, 1.82) is 0 Å². The van der Waals surface area contributed by atoms with E-state index in [0.717, 1.165) is 54.3 Å². The van der Waals surface area contributed by atoms with Gasteiger partial charge < -0.3 is 19.5 Å². The first kappa shape index (κ1) is 37.4. The van der Waals surface area contributed by atoms with Crippen LogP contribution in [0.25, 0.3) is 0 Å². The lowest BCUT2D eigenvalue weighted by Gasteiger charge is -2.58. The van der Waals surface area contributed by atoms with Crippen LogP contribution in [0.2, 0.25) is 0 Å². The molecule has 3 fully saturated rings. The minimum atomic E-state index is -0.995. The average Bonchev–Trinajstić information content (AvgIpc) is 3.30. The first-order valence-electron chi connectivity index (χ1n) is 18.6. The van der Waals surface area contributed by atoms with Crippen LogP contribution in [0.3, 0.4) is 0 Å². The highest BCUT2D eigenvalue weighted by Gasteiger charge is 2.58. The molecule has 0 bridgehead atoms. The third-order valence-corrected chi connectivity index (χ3v) is 12.3. The number of unbranched alkanes of at least 4 members (excludes halogenated alkanes) is 1. The van der Waals surface area contributed by atoms with Crippen molar-refractivity contribution in [3.8, 4) is 0 Å². The number of carbonyl (C=O) groups is 4. The molecule has 0 heterocycles. The minimum absolute atomic E-state index is 0.0709. The zero-order chi connectivity index (χ0) is 34.6. The molecule has 7 unspecified atom stereocenters. The standard InChI is InChI=1S/C39H63NO7/c1-26(2)11-8-9-12-27-16-18-31-30-17-15-28-23-29(19-21-39(28,7)32(30)20-22-38(27,31)6)46-35(44)24-40(25-36(45)47-37(3,4)5)33(41)13-10-14-34(42)43/h15,26-27,29-32H,8-14,16-25H2,1-7H3,(H,42,43). The third kappa shape index (κ3) is 9.41. The van der Waals surface area contributed by atoms with Crippen LogP contribution in [0.1, 0.15) is 145 Å². The Balaban J connectivity index is 1.35. The van der Waals surface area contributed by atoms with Gasteiger partial charge in [0.05, 0.1) is 0 Å². The van der Waals surface area contributed by atoms with Crippen molar-refractivity contribution in [2.24, 2.45) is 40.4 Å². The number of allylic oxidation sites excluding steroid dienone is 1. The normalized spacial score (nSPS) is 31.7. The number of rotatable bonds is 14. The summed E-state index contributed by atoms with van der Waals surface area (Å²) in [6.45, 7) is 14.2. The zero-order valence-electron chi connectivity index (χ0n) is 30.4. The van der Waals surface area contributed by atoms with Crippen LogP contribution in [0.5, 0.6) is 0 Å². The van der Waals surface area contributed by atoms with Crippen molar-refractivity contribution in [1.82, 2.24) is 4.90 Å². The molecule has 0 aliphatic heterocycles. The lowest BCUT2D eigenvalue weighted by Crippen LogP contribution is -2.50. The van der Waals surface area contributed by atoms with E-state index < -0.39 is 29.4 Å². The molecule has 1 N–H and O–H groups in total. The van der Waals surface area contributed by atoms with Gasteiger partial charge in [-0.3, -0.25) is 19.2 Å². The Bertz CT molecular complexity index is 1170. The molecule has 0 saturated heterocycles. The summed E-state index contributed by atoms with van der Waals surface area (Å²) >= 11 is 0. The van der Waals surface area contributed by atoms with Crippen molar-refractivity contribution in [3.05, 3.63) is 11.6 Å². The SMILES string of the molecule is CC(C)CCCCC1CCC2C3CC=C4CC(OC(=O)CN(CC(=O)OC(C)(C)C)C(=O)CCCC(=O)O)CCC4(C)C3CCC12C. The number of aliphatic carboxylic acids is 1. The van der Waals surface area contributed by atoms with Gasteiger partial charge in [-0.15, -0.1) is 0 Å². The summed E-state index contributed by atoms with van der Waals surface area (Å²) in [5, 5.41) is 8.96. The molecule has 47 heavy (non-hydrogen) atoms. The van der Waals surface area contributed by atoms with Gasteiger partial charge in [0, 0.05) is 19.3 Å². The van der Waals surface area contributed by atoms with Crippen molar-refractivity contribution >= 4 is 23.8 Å². The molecule has 8 heteroatoms. The smallest absolute Gasteiger partial charge is 0.326 e. The molecule has 1 amide bonds. The summed E-state index contributed by atoms with van der Waals surface area (Å²) in [7, 11) is 0. The van der Waals surface area contributed by atoms with E-state index in [9.17, 15) is 19.2 Å². The second kappa shape index (κ2) is 15.4. The highest BCUT2D eigenvalue weighted by atomic mass is 16.6. The molecule has 0 aromatic carbocycles. The van der Waals surface area contributed by atoms with Crippen molar-refractivity contribution in [2.45, 2.75) is 156 Å². The van der Waals surface area contributed by atoms with Gasteiger partial charge in [-0.2, -0.15) is 0 Å². The van der Waals surface area contributed by atoms with Crippen LogP contribution in [0, 0.1) is 40.4 Å². The van der Waals surface area contributed by atoms with E-state index in [-0.39, 0.29) is 43.9 Å². The van der Waals surface area contributed by atoms with Gasteiger partial charge in [0.25, 0.3) is 0 Å². The quantitative estimate of drug-likeness (QED) is 0.114. The Morgan fingerprint density at radius 3 is 2.34 bits per heavy atom. The Morgan fingerprint density at radius 2 is 1.66 bits per heavy atom. The van der Waals surface area contributed by atoms with Crippen molar-refractivity contribution < 1.29 is 33.8 Å². The number of amides is 1. The van der Waals surface area contributed by atoms with Gasteiger partial charge in [-0.05, 0) is 119 Å². The van der Waals surface area contributed by atoms with Crippen LogP contribution in [0.15, 0.2) is 11.6 Å². The maximum absolute atomic E-state index is 13.2. The predicted octanol–water partition coefficient (Wildman–Crippen LogP) is 8.12. The maximum Gasteiger partial charge on any atom is 0.326 e. The van der Waals surface area contributed by atoms with E-state index in [0.29, 0.717) is 11.3 Å². The molecule has 4 rings (SSSR count). The Kier molecular flexibility index (Phi) is 12.3. The van der Waals surface area contributed by atoms with Crippen LogP contribution in [-0.2, 0) is 28.7 Å². The number of carboxylic acids is 1. The lowest BCUT2D eigenvalue weighted by atomic mass is 9.47. The van der Waals surface area contributed by atoms with Crippen LogP contribution in [0.4, 0.5) is 0 Å². The molecule has 0 spiro atoms. The fourth-order valence-corrected chi connectivity index (χ4v) is 9.94. The fraction of sp³-hybridized carbons (Fsp3) is 0.846. The number of carbonyl (C=O) groups excluding carboxylic acids is 3. The highest BCUT2D eigenvalue weighted by Crippen LogP contribution is 2.66. The topological polar surface area (TPSA) is 110 Å². The Morgan fingerprint density at radius 1 is 0.936 bits per heavy atom. The molecular formula is C39H63NO7. The Hall–Kier alpha value is -2.38. The molecule has 4 aliphatic rings. The molecule has 7 atom stereocenters. The number of hydrogen-bond acceptors (Lipinski definition) is 6. The molecule has 8 nitrogen and oxygen atoms in total. The molecule has 0 aromatic heterocycles. The van der Waals surface area contributed by atoms with E-state index in [1.165, 1.54) is 56.9 Å². The molecule has 0 radical (unpaired) electrons. The van der Waals surface area contributed by atoms with Gasteiger partial charge in [0.15, 0.2) is 0 Å². The molecule has 4 aliphatic carbocycles. The molecular weight excluding hydrogens is 594 g/mol.